The summed E-state index contributed by atoms with van der Waals surface area (Å²) < 4.78 is 4.72. The van der Waals surface area contributed by atoms with E-state index in [1.165, 1.54) is 24.8 Å². The smallest absolute Gasteiger partial charge is 0.306 e. The van der Waals surface area contributed by atoms with Crippen molar-refractivity contribution in [2.45, 2.75) is 38.5 Å². The Morgan fingerprint density at radius 1 is 1.60 bits per heavy atom. The molecule has 1 atom stereocenters. The molecule has 0 radical (unpaired) electrons. The molecule has 0 aliphatic heterocycles. The fourth-order valence-corrected chi connectivity index (χ4v) is 2.47. The highest BCUT2D eigenvalue weighted by molar-refractivity contribution is 7.10. The van der Waals surface area contributed by atoms with Crippen molar-refractivity contribution in [3.8, 4) is 0 Å². The second-order valence-corrected chi connectivity index (χ2v) is 4.61. The number of unbranched alkanes of at least 4 members (excludes halogenated alkanes) is 1. The molecule has 0 aliphatic carbocycles. The number of carbonyl (C=O) groups excluding carboxylic acids is 1. The standard InChI is InChI=1S/C12H18O2S/c1-3-4-6-10(9-12(13)14-2)11-7-5-8-15-11/h5,7-8,10H,3-4,6,9H2,1-2H3. The van der Waals surface area contributed by atoms with Gasteiger partial charge in [-0.2, -0.15) is 0 Å². The van der Waals surface area contributed by atoms with Gasteiger partial charge < -0.3 is 4.74 Å². The first-order valence-corrected chi connectivity index (χ1v) is 6.26. The molecule has 84 valence electrons. The van der Waals surface area contributed by atoms with Gasteiger partial charge in [-0.25, -0.2) is 0 Å². The van der Waals surface area contributed by atoms with Gasteiger partial charge in [-0.05, 0) is 17.9 Å². The summed E-state index contributed by atoms with van der Waals surface area (Å²) in [5.41, 5.74) is 0. The van der Waals surface area contributed by atoms with Crippen molar-refractivity contribution in [2.24, 2.45) is 0 Å². The van der Waals surface area contributed by atoms with Gasteiger partial charge in [-0.1, -0.05) is 25.8 Å². The Bertz CT molecular complexity index is 280. The molecule has 0 saturated carbocycles. The average Bonchev–Trinajstić information content (AvgIpc) is 2.77. The van der Waals surface area contributed by atoms with Crippen LogP contribution in [-0.2, 0) is 9.53 Å². The molecule has 0 aromatic carbocycles. The monoisotopic (exact) mass is 226 g/mol. The number of carbonyl (C=O) groups is 1. The van der Waals surface area contributed by atoms with Gasteiger partial charge in [0.1, 0.15) is 0 Å². The van der Waals surface area contributed by atoms with Crippen LogP contribution >= 0.6 is 11.3 Å². The molecule has 1 aromatic heterocycles. The van der Waals surface area contributed by atoms with Gasteiger partial charge >= 0.3 is 5.97 Å². The van der Waals surface area contributed by atoms with Crippen LogP contribution in [0.4, 0.5) is 0 Å². The van der Waals surface area contributed by atoms with E-state index in [0.29, 0.717) is 12.3 Å². The highest BCUT2D eigenvalue weighted by Gasteiger charge is 2.16. The van der Waals surface area contributed by atoms with Crippen molar-refractivity contribution >= 4 is 17.3 Å². The van der Waals surface area contributed by atoms with E-state index in [1.54, 1.807) is 11.3 Å². The van der Waals surface area contributed by atoms with Crippen LogP contribution in [0.25, 0.3) is 0 Å². The summed E-state index contributed by atoms with van der Waals surface area (Å²) in [6.45, 7) is 2.17. The predicted molar refractivity (Wildman–Crippen MR) is 63.2 cm³/mol. The molecule has 15 heavy (non-hydrogen) atoms. The Morgan fingerprint density at radius 3 is 2.93 bits per heavy atom. The number of thiophene rings is 1. The van der Waals surface area contributed by atoms with E-state index in [2.05, 4.69) is 18.4 Å². The minimum Gasteiger partial charge on any atom is -0.469 e. The lowest BCUT2D eigenvalue weighted by Gasteiger charge is -2.13. The fraction of sp³-hybridized carbons (Fsp3) is 0.583. The second kappa shape index (κ2) is 6.62. The average molecular weight is 226 g/mol. The quantitative estimate of drug-likeness (QED) is 0.693. The zero-order valence-corrected chi connectivity index (χ0v) is 10.2. The Hall–Kier alpha value is -0.830. The van der Waals surface area contributed by atoms with Crippen molar-refractivity contribution in [1.29, 1.82) is 0 Å². The molecule has 1 unspecified atom stereocenters. The van der Waals surface area contributed by atoms with Crippen molar-refractivity contribution in [2.75, 3.05) is 7.11 Å². The predicted octanol–water partition coefficient (Wildman–Crippen LogP) is 3.59. The zero-order valence-electron chi connectivity index (χ0n) is 9.36. The van der Waals surface area contributed by atoms with Gasteiger partial charge in [0.05, 0.1) is 13.5 Å². The van der Waals surface area contributed by atoms with Crippen LogP contribution in [0.1, 0.15) is 43.4 Å². The van der Waals surface area contributed by atoms with Crippen LogP contribution in [0.15, 0.2) is 17.5 Å². The maximum absolute atomic E-state index is 11.3. The van der Waals surface area contributed by atoms with Crippen LogP contribution in [-0.4, -0.2) is 13.1 Å². The lowest BCUT2D eigenvalue weighted by molar-refractivity contribution is -0.141. The van der Waals surface area contributed by atoms with E-state index >= 15 is 0 Å². The largest absolute Gasteiger partial charge is 0.469 e. The number of hydrogen-bond acceptors (Lipinski definition) is 3. The van der Waals surface area contributed by atoms with E-state index < -0.39 is 0 Å². The molecule has 0 N–H and O–H groups in total. The van der Waals surface area contributed by atoms with E-state index in [-0.39, 0.29) is 5.97 Å². The van der Waals surface area contributed by atoms with Gasteiger partial charge in [0.25, 0.3) is 0 Å². The minimum atomic E-state index is -0.107. The summed E-state index contributed by atoms with van der Waals surface area (Å²) in [7, 11) is 1.45. The number of esters is 1. The van der Waals surface area contributed by atoms with Crippen molar-refractivity contribution in [1.82, 2.24) is 0 Å². The first-order valence-electron chi connectivity index (χ1n) is 5.38. The molecular weight excluding hydrogens is 208 g/mol. The molecule has 1 heterocycles. The van der Waals surface area contributed by atoms with Crippen LogP contribution in [0, 0.1) is 0 Å². The molecule has 0 amide bonds. The Labute approximate surface area is 95.3 Å². The first kappa shape index (κ1) is 12.2. The summed E-state index contributed by atoms with van der Waals surface area (Å²) in [5, 5.41) is 2.06. The van der Waals surface area contributed by atoms with E-state index in [0.717, 1.165) is 6.42 Å². The Balaban J connectivity index is 2.57. The lowest BCUT2D eigenvalue weighted by Crippen LogP contribution is -2.07. The summed E-state index contributed by atoms with van der Waals surface area (Å²) in [6.07, 6.45) is 3.92. The topological polar surface area (TPSA) is 26.3 Å². The molecule has 0 bridgehead atoms. The van der Waals surface area contributed by atoms with Gasteiger partial charge in [0.2, 0.25) is 0 Å². The number of methoxy groups -OCH3 is 1. The highest BCUT2D eigenvalue weighted by atomic mass is 32.1. The van der Waals surface area contributed by atoms with Gasteiger partial charge in [-0.3, -0.25) is 4.79 Å². The molecule has 0 spiro atoms. The van der Waals surface area contributed by atoms with E-state index in [1.807, 2.05) is 6.07 Å². The molecule has 3 heteroatoms. The van der Waals surface area contributed by atoms with E-state index in [9.17, 15) is 4.79 Å². The van der Waals surface area contributed by atoms with Crippen LogP contribution in [0.3, 0.4) is 0 Å². The normalized spacial score (nSPS) is 12.4. The SMILES string of the molecule is CCCCC(CC(=O)OC)c1cccs1. The molecule has 0 aliphatic rings. The second-order valence-electron chi connectivity index (χ2n) is 3.63. The maximum atomic E-state index is 11.3. The maximum Gasteiger partial charge on any atom is 0.306 e. The number of ether oxygens (including phenoxy) is 1. The Morgan fingerprint density at radius 2 is 2.40 bits per heavy atom. The summed E-state index contributed by atoms with van der Waals surface area (Å²) in [6, 6.07) is 4.14. The lowest BCUT2D eigenvalue weighted by atomic mass is 9.97. The number of rotatable bonds is 6. The van der Waals surface area contributed by atoms with Gasteiger partial charge in [0.15, 0.2) is 0 Å². The van der Waals surface area contributed by atoms with Crippen molar-refractivity contribution < 1.29 is 9.53 Å². The van der Waals surface area contributed by atoms with Gasteiger partial charge in [-0.15, -0.1) is 11.3 Å². The third kappa shape index (κ3) is 4.04. The highest BCUT2D eigenvalue weighted by Crippen LogP contribution is 2.29. The third-order valence-corrected chi connectivity index (χ3v) is 3.53. The van der Waals surface area contributed by atoms with Crippen LogP contribution < -0.4 is 0 Å². The van der Waals surface area contributed by atoms with Crippen molar-refractivity contribution in [3.63, 3.8) is 0 Å². The molecule has 0 fully saturated rings. The molecule has 1 aromatic rings. The third-order valence-electron chi connectivity index (χ3n) is 2.49. The first-order chi connectivity index (χ1) is 7.27. The summed E-state index contributed by atoms with van der Waals surface area (Å²) in [4.78, 5) is 12.6. The summed E-state index contributed by atoms with van der Waals surface area (Å²) >= 11 is 1.73. The van der Waals surface area contributed by atoms with Gasteiger partial charge in [0, 0.05) is 10.8 Å². The van der Waals surface area contributed by atoms with Crippen molar-refractivity contribution in [3.05, 3.63) is 22.4 Å². The van der Waals surface area contributed by atoms with E-state index in [4.69, 9.17) is 4.74 Å². The number of hydrogen-bond donors (Lipinski definition) is 0. The molecule has 0 saturated heterocycles. The molecule has 2 nitrogen and oxygen atoms in total. The Kier molecular flexibility index (Phi) is 5.40. The van der Waals surface area contributed by atoms with Crippen LogP contribution in [0.5, 0.6) is 0 Å². The minimum absolute atomic E-state index is 0.107. The molecular formula is C12H18O2S. The fourth-order valence-electron chi connectivity index (χ4n) is 1.60. The zero-order chi connectivity index (χ0) is 11.1. The van der Waals surface area contributed by atoms with Crippen LogP contribution in [0.2, 0.25) is 0 Å². The molecule has 1 rings (SSSR count). The summed E-state index contributed by atoms with van der Waals surface area (Å²) in [5.74, 6) is 0.238.